The second-order valence-corrected chi connectivity index (χ2v) is 32.2. The molecule has 0 radical (unpaired) electrons. The van der Waals surface area contributed by atoms with Crippen LogP contribution >= 0.6 is 0 Å². The number of rotatable bonds is 7. The molecular formula is C65H96O3S4+4. The number of carbonyl (C=O) groups excluding carboxylic acids is 1. The van der Waals surface area contributed by atoms with Crippen LogP contribution in [0.5, 0.6) is 11.5 Å². The number of carbonyl (C=O) groups is 1. The average molecular weight is 1050 g/mol. The third kappa shape index (κ3) is 15.4. The SMILES string of the molecule is CC.CC(C)(C)c1ccc([S+]2CCCCC2)cc1.COc1c(C)cc([S+]2CCCCC2)cc1C.Cc1cc([S+]2CCCC2)cc(C)c1OC(=O)C12CC3CC(CC(C3)C1)C2.c1ccc([S+]2CCCCC2)cc1. The number of hydrogen-bond donors (Lipinski definition) is 0. The van der Waals surface area contributed by atoms with E-state index in [0.29, 0.717) is 43.6 Å². The van der Waals surface area contributed by atoms with Gasteiger partial charge in [-0.15, -0.1) is 0 Å². The molecule has 4 heterocycles. The predicted octanol–water partition coefficient (Wildman–Crippen LogP) is 16.7. The van der Waals surface area contributed by atoms with Gasteiger partial charge in [-0.25, -0.2) is 0 Å². The number of benzene rings is 4. The van der Waals surface area contributed by atoms with Crippen LogP contribution in [0.15, 0.2) is 98.4 Å². The van der Waals surface area contributed by atoms with E-state index in [4.69, 9.17) is 9.47 Å². The molecule has 4 aromatic rings. The Morgan fingerprint density at radius 3 is 1.17 bits per heavy atom. The maximum atomic E-state index is 13.3. The van der Waals surface area contributed by atoms with Crippen molar-refractivity contribution in [2.24, 2.45) is 23.2 Å². The Bertz CT molecular complexity index is 2190. The van der Waals surface area contributed by atoms with E-state index in [2.05, 4.69) is 127 Å². The highest BCUT2D eigenvalue weighted by molar-refractivity contribution is 7.97. The zero-order chi connectivity index (χ0) is 51.3. The van der Waals surface area contributed by atoms with Crippen molar-refractivity contribution in [3.63, 3.8) is 0 Å². The number of methoxy groups -OCH3 is 1. The maximum absolute atomic E-state index is 13.3. The molecule has 0 atom stereocenters. The molecule has 0 spiro atoms. The molecule has 394 valence electrons. The fourth-order valence-electron chi connectivity index (χ4n) is 13.1. The van der Waals surface area contributed by atoms with Gasteiger partial charge in [-0.3, -0.25) is 4.79 Å². The minimum Gasteiger partial charge on any atom is -0.496 e. The van der Waals surface area contributed by atoms with E-state index in [-0.39, 0.29) is 16.8 Å². The number of hydrogen-bond acceptors (Lipinski definition) is 3. The maximum Gasteiger partial charge on any atom is 0.317 e. The molecule has 0 amide bonds. The van der Waals surface area contributed by atoms with Crippen LogP contribution in [0.1, 0.15) is 172 Å². The zero-order valence-corrected chi connectivity index (χ0v) is 50.0. The van der Waals surface area contributed by atoms with Gasteiger partial charge in [0.1, 0.15) is 57.5 Å². The van der Waals surface area contributed by atoms with Crippen LogP contribution in [0.4, 0.5) is 0 Å². The summed E-state index contributed by atoms with van der Waals surface area (Å²) in [5.74, 6) is 15.5. The molecule has 0 aromatic heterocycles. The number of esters is 1. The molecule has 4 aliphatic carbocycles. The molecule has 0 unspecified atom stereocenters. The minimum absolute atomic E-state index is 0.0823. The topological polar surface area (TPSA) is 35.5 Å². The van der Waals surface area contributed by atoms with Crippen LogP contribution in [-0.4, -0.2) is 59.1 Å². The van der Waals surface area contributed by atoms with Crippen LogP contribution in [-0.2, 0) is 53.8 Å². The second-order valence-electron chi connectivity index (χ2n) is 23.1. The third-order valence-electron chi connectivity index (χ3n) is 16.4. The first-order valence-electron chi connectivity index (χ1n) is 28.6. The van der Waals surface area contributed by atoms with Crippen molar-refractivity contribution < 1.29 is 14.3 Å². The van der Waals surface area contributed by atoms with Gasteiger partial charge in [-0.05, 0) is 236 Å². The predicted molar refractivity (Wildman–Crippen MR) is 320 cm³/mol. The van der Waals surface area contributed by atoms with E-state index in [1.54, 1.807) is 21.8 Å². The second kappa shape index (κ2) is 27.6. The van der Waals surface area contributed by atoms with E-state index in [1.165, 1.54) is 158 Å². The Balaban J connectivity index is 0.000000145. The van der Waals surface area contributed by atoms with Crippen molar-refractivity contribution in [2.75, 3.05) is 53.1 Å². The van der Waals surface area contributed by atoms with Gasteiger partial charge in [0.05, 0.1) is 12.5 Å². The van der Waals surface area contributed by atoms with Crippen molar-refractivity contribution in [1.29, 1.82) is 0 Å². The van der Waals surface area contributed by atoms with E-state index < -0.39 is 0 Å². The summed E-state index contributed by atoms with van der Waals surface area (Å²) in [6.07, 6.45) is 23.0. The van der Waals surface area contributed by atoms with E-state index in [1.807, 2.05) is 13.8 Å². The number of aryl methyl sites for hydroxylation is 4. The lowest BCUT2D eigenvalue weighted by Crippen LogP contribution is -2.51. The Morgan fingerprint density at radius 1 is 0.472 bits per heavy atom. The van der Waals surface area contributed by atoms with Crippen LogP contribution in [0.3, 0.4) is 0 Å². The first kappa shape index (κ1) is 57.3. The zero-order valence-electron chi connectivity index (χ0n) is 46.8. The lowest BCUT2D eigenvalue weighted by atomic mass is 9.49. The van der Waals surface area contributed by atoms with Crippen LogP contribution in [0, 0.1) is 50.9 Å². The summed E-state index contributed by atoms with van der Waals surface area (Å²) in [4.78, 5) is 19.5. The first-order chi connectivity index (χ1) is 34.8. The van der Waals surface area contributed by atoms with Crippen molar-refractivity contribution in [2.45, 2.75) is 196 Å². The highest BCUT2D eigenvalue weighted by Gasteiger charge is 2.56. The Morgan fingerprint density at radius 2 is 0.806 bits per heavy atom. The summed E-state index contributed by atoms with van der Waals surface area (Å²) in [6.45, 7) is 19.4. The van der Waals surface area contributed by atoms with Gasteiger partial charge in [0.25, 0.3) is 0 Å². The minimum atomic E-state index is -0.167. The van der Waals surface area contributed by atoms with Crippen molar-refractivity contribution in [1.82, 2.24) is 0 Å². The quantitative estimate of drug-likeness (QED) is 0.105. The average Bonchev–Trinajstić information content (AvgIpc) is 3.95. The van der Waals surface area contributed by atoms with Gasteiger partial charge in [0, 0.05) is 43.6 Å². The summed E-state index contributed by atoms with van der Waals surface area (Å²) in [7, 11) is 3.83. The summed E-state index contributed by atoms with van der Waals surface area (Å²) in [5, 5.41) is 0. The smallest absolute Gasteiger partial charge is 0.317 e. The summed E-state index contributed by atoms with van der Waals surface area (Å²) in [6, 6.07) is 29.7. The Hall–Kier alpha value is -2.45. The molecule has 4 aromatic carbocycles. The molecule has 4 aliphatic heterocycles. The lowest BCUT2D eigenvalue weighted by Gasteiger charge is -2.55. The van der Waals surface area contributed by atoms with Gasteiger partial charge in [-0.2, -0.15) is 0 Å². The normalized spacial score (nSPS) is 24.3. The molecule has 0 N–H and O–H groups in total. The number of ether oxygens (including phenoxy) is 2. The molecule has 4 saturated heterocycles. The largest absolute Gasteiger partial charge is 0.496 e. The molecule has 4 saturated carbocycles. The van der Waals surface area contributed by atoms with Gasteiger partial charge in [0.15, 0.2) is 19.6 Å². The van der Waals surface area contributed by atoms with E-state index in [0.717, 1.165) is 59.6 Å². The van der Waals surface area contributed by atoms with Crippen molar-refractivity contribution in [3.05, 3.63) is 107 Å². The van der Waals surface area contributed by atoms with Gasteiger partial charge >= 0.3 is 5.97 Å². The third-order valence-corrected chi connectivity index (χ3v) is 26.3. The fraction of sp³-hybridized carbons (Fsp3) is 0.615. The summed E-state index contributed by atoms with van der Waals surface area (Å²) >= 11 is 0. The highest BCUT2D eigenvalue weighted by atomic mass is 32.2. The molecule has 8 aliphatic rings. The molecule has 12 rings (SSSR count). The van der Waals surface area contributed by atoms with Crippen molar-refractivity contribution in [3.8, 4) is 11.5 Å². The first-order valence-corrected chi connectivity index (χ1v) is 34.9. The lowest BCUT2D eigenvalue weighted by molar-refractivity contribution is -0.161. The Labute approximate surface area is 451 Å². The standard InChI is InChI=1S/C23H31O2S.C15H23S.C14H21OS.C11H15S.C2H6/c1-15-7-20(26-5-3-4-6-26)8-16(2)21(15)25-22(24)23-12-17-9-18(13-23)11-19(10-17)14-23;1-15(2,3)13-7-9-14(10-8-13)16-11-5-4-6-12-16;1-11-9-13(10-12(2)14(11)15-3)16-7-5-4-6-8-16;1-3-7-11(8-4-1)12-9-5-2-6-10-12;1-2/h7-8,17-19H,3-6,9-14H2,1-2H3;7-10H,4-6,11-12H2,1-3H3;9-10H,4-8H2,1-3H3;1,3-4,7-8H,2,5-6,9-10H2;1-2H3/q4*+1;. The molecule has 72 heavy (non-hydrogen) atoms. The molecule has 8 fully saturated rings. The summed E-state index contributed by atoms with van der Waals surface area (Å²) in [5.41, 5.74) is 6.45. The van der Waals surface area contributed by atoms with E-state index in [9.17, 15) is 4.79 Å². The molecule has 7 heteroatoms. The highest BCUT2D eigenvalue weighted by Crippen LogP contribution is 2.60. The molecule has 4 bridgehead atoms. The van der Waals surface area contributed by atoms with Crippen LogP contribution < -0.4 is 9.47 Å². The van der Waals surface area contributed by atoms with Gasteiger partial charge < -0.3 is 9.47 Å². The van der Waals surface area contributed by atoms with Crippen molar-refractivity contribution >= 4 is 49.5 Å². The molecule has 3 nitrogen and oxygen atoms in total. The summed E-state index contributed by atoms with van der Waals surface area (Å²) < 4.78 is 11.6. The van der Waals surface area contributed by atoms with Crippen LogP contribution in [0.25, 0.3) is 0 Å². The molecular weight excluding hydrogens is 957 g/mol. The monoisotopic (exact) mass is 1050 g/mol. The Kier molecular flexibility index (Phi) is 21.9. The van der Waals surface area contributed by atoms with E-state index >= 15 is 0 Å². The van der Waals surface area contributed by atoms with Crippen LogP contribution in [0.2, 0.25) is 0 Å². The van der Waals surface area contributed by atoms with Gasteiger partial charge in [-0.1, -0.05) is 65.0 Å². The van der Waals surface area contributed by atoms with Gasteiger partial charge in [0.2, 0.25) is 0 Å². The fourth-order valence-corrected chi connectivity index (χ4v) is 22.6.